The zero-order valence-corrected chi connectivity index (χ0v) is 16.1. The van der Waals surface area contributed by atoms with Crippen molar-refractivity contribution in [2.24, 2.45) is 0 Å². The Bertz CT molecular complexity index is 895. The Morgan fingerprint density at radius 3 is 2.55 bits per heavy atom. The molecule has 1 aromatic heterocycles. The molecule has 2 aromatic rings. The topological polar surface area (TPSA) is 95.5 Å². The molecular formula is C21H23N5O3. The molecule has 4 rings (SSSR count). The fraction of sp³-hybridized carbons (Fsp3) is 0.381. The second kappa shape index (κ2) is 7.98. The predicted octanol–water partition coefficient (Wildman–Crippen LogP) is 1.52. The number of hydrogen-bond acceptors (Lipinski definition) is 5. The maximum absolute atomic E-state index is 12.7. The minimum atomic E-state index is -0.880. The van der Waals surface area contributed by atoms with E-state index in [9.17, 15) is 14.4 Å². The molecule has 150 valence electrons. The van der Waals surface area contributed by atoms with Crippen molar-refractivity contribution >= 4 is 17.8 Å². The van der Waals surface area contributed by atoms with Crippen LogP contribution < -0.4 is 5.32 Å². The summed E-state index contributed by atoms with van der Waals surface area (Å²) < 4.78 is 0. The number of carbonyl (C=O) groups is 3. The number of nitrogens with zero attached hydrogens (tertiary/aromatic N) is 4. The number of likely N-dealkylation sites (tertiary alicyclic amines) is 1. The van der Waals surface area contributed by atoms with Crippen LogP contribution in [0.2, 0.25) is 0 Å². The average Bonchev–Trinajstić information content (AvgIpc) is 2.98. The van der Waals surface area contributed by atoms with E-state index in [1.54, 1.807) is 28.4 Å². The summed E-state index contributed by atoms with van der Waals surface area (Å²) >= 11 is 0. The molecule has 1 N–H and O–H groups in total. The normalized spacial score (nSPS) is 18.2. The first kappa shape index (κ1) is 19.0. The third kappa shape index (κ3) is 3.83. The van der Waals surface area contributed by atoms with Gasteiger partial charge in [-0.15, -0.1) is 0 Å². The monoisotopic (exact) mass is 393 g/mol. The van der Waals surface area contributed by atoms with Crippen LogP contribution in [0.1, 0.15) is 30.5 Å². The fourth-order valence-electron chi connectivity index (χ4n) is 4.06. The molecule has 2 aliphatic heterocycles. The Hall–Kier alpha value is -3.29. The lowest BCUT2D eigenvalue weighted by Gasteiger charge is -2.42. The Labute approximate surface area is 168 Å². The lowest BCUT2D eigenvalue weighted by atomic mass is 9.85. The van der Waals surface area contributed by atoms with Gasteiger partial charge in [-0.1, -0.05) is 30.3 Å². The highest BCUT2D eigenvalue weighted by Crippen LogP contribution is 2.34. The van der Waals surface area contributed by atoms with Crippen molar-refractivity contribution in [3.8, 4) is 0 Å². The first-order valence-corrected chi connectivity index (χ1v) is 9.78. The van der Waals surface area contributed by atoms with Crippen LogP contribution in [0.3, 0.4) is 0 Å². The molecule has 2 aliphatic rings. The van der Waals surface area contributed by atoms with Gasteiger partial charge in [-0.3, -0.25) is 24.9 Å². The fourth-order valence-corrected chi connectivity index (χ4v) is 4.06. The molecule has 0 unspecified atom stereocenters. The summed E-state index contributed by atoms with van der Waals surface area (Å²) in [6.07, 6.45) is 6.64. The van der Waals surface area contributed by atoms with E-state index >= 15 is 0 Å². The van der Waals surface area contributed by atoms with Crippen LogP contribution >= 0.6 is 0 Å². The highest BCUT2D eigenvalue weighted by Gasteiger charge is 2.54. The van der Waals surface area contributed by atoms with Gasteiger partial charge in [0.2, 0.25) is 5.91 Å². The maximum Gasteiger partial charge on any atom is 0.325 e. The maximum atomic E-state index is 12.7. The van der Waals surface area contributed by atoms with Crippen molar-refractivity contribution in [3.05, 3.63) is 60.2 Å². The SMILES string of the molecule is O=C(CCc1cnccn1)N1CCC2(CC1)C(=O)NC(=O)N2Cc1ccccc1. The molecule has 0 bridgehead atoms. The average molecular weight is 393 g/mol. The largest absolute Gasteiger partial charge is 0.342 e. The van der Waals surface area contributed by atoms with Gasteiger partial charge in [-0.25, -0.2) is 4.79 Å². The number of urea groups is 1. The number of rotatable bonds is 5. The number of aryl methyl sites for hydroxylation is 1. The van der Waals surface area contributed by atoms with E-state index in [1.807, 2.05) is 30.3 Å². The van der Waals surface area contributed by atoms with Gasteiger partial charge < -0.3 is 9.80 Å². The lowest BCUT2D eigenvalue weighted by Crippen LogP contribution is -2.57. The van der Waals surface area contributed by atoms with Crippen LogP contribution in [0.4, 0.5) is 4.79 Å². The molecule has 8 nitrogen and oxygen atoms in total. The Morgan fingerprint density at radius 2 is 1.86 bits per heavy atom. The highest BCUT2D eigenvalue weighted by molar-refractivity contribution is 6.07. The summed E-state index contributed by atoms with van der Waals surface area (Å²) in [6, 6.07) is 9.26. The van der Waals surface area contributed by atoms with E-state index in [0.29, 0.717) is 45.3 Å². The van der Waals surface area contributed by atoms with Crippen LogP contribution in [0.25, 0.3) is 0 Å². The van der Waals surface area contributed by atoms with Crippen LogP contribution in [0, 0.1) is 0 Å². The van der Waals surface area contributed by atoms with Gasteiger partial charge in [0.15, 0.2) is 0 Å². The molecule has 0 saturated carbocycles. The Kier molecular flexibility index (Phi) is 5.24. The molecule has 2 saturated heterocycles. The van der Waals surface area contributed by atoms with E-state index in [4.69, 9.17) is 0 Å². The number of nitrogens with one attached hydrogen (secondary N) is 1. The molecule has 0 atom stereocenters. The quantitative estimate of drug-likeness (QED) is 0.777. The van der Waals surface area contributed by atoms with Crippen LogP contribution in [0.5, 0.6) is 0 Å². The summed E-state index contributed by atoms with van der Waals surface area (Å²) in [5.41, 5.74) is 0.873. The number of benzene rings is 1. The standard InChI is InChI=1S/C21H23N5O3/c27-18(7-6-17-14-22-10-11-23-17)25-12-8-21(9-13-25)19(28)24-20(29)26(21)15-16-4-2-1-3-5-16/h1-5,10-11,14H,6-9,12-13,15H2,(H,24,28,29). The van der Waals surface area contributed by atoms with Crippen LogP contribution in [0.15, 0.2) is 48.9 Å². The van der Waals surface area contributed by atoms with Gasteiger partial charge in [0.25, 0.3) is 5.91 Å². The van der Waals surface area contributed by atoms with Gasteiger partial charge in [0.1, 0.15) is 5.54 Å². The predicted molar refractivity (Wildman–Crippen MR) is 104 cm³/mol. The van der Waals surface area contributed by atoms with Crippen LogP contribution in [-0.4, -0.2) is 56.2 Å². The van der Waals surface area contributed by atoms with Crippen LogP contribution in [-0.2, 0) is 22.6 Å². The van der Waals surface area contributed by atoms with Crippen molar-refractivity contribution in [2.45, 2.75) is 37.8 Å². The summed E-state index contributed by atoms with van der Waals surface area (Å²) in [7, 11) is 0. The van der Waals surface area contributed by atoms with Gasteiger partial charge in [0, 0.05) is 44.6 Å². The summed E-state index contributed by atoms with van der Waals surface area (Å²) in [6.45, 7) is 1.27. The second-order valence-corrected chi connectivity index (χ2v) is 7.44. The van der Waals surface area contributed by atoms with Gasteiger partial charge in [-0.05, 0) is 24.8 Å². The van der Waals surface area contributed by atoms with E-state index in [-0.39, 0.29) is 17.8 Å². The lowest BCUT2D eigenvalue weighted by molar-refractivity contribution is -0.138. The minimum Gasteiger partial charge on any atom is -0.342 e. The zero-order chi connectivity index (χ0) is 20.3. The minimum absolute atomic E-state index is 0.0323. The Morgan fingerprint density at radius 1 is 1.10 bits per heavy atom. The first-order valence-electron chi connectivity index (χ1n) is 9.78. The molecule has 29 heavy (non-hydrogen) atoms. The van der Waals surface area contributed by atoms with Crippen molar-refractivity contribution < 1.29 is 14.4 Å². The summed E-state index contributed by atoms with van der Waals surface area (Å²) in [4.78, 5) is 49.3. The molecule has 8 heteroatoms. The number of imide groups is 1. The van der Waals surface area contributed by atoms with E-state index < -0.39 is 5.54 Å². The zero-order valence-electron chi connectivity index (χ0n) is 16.1. The molecular weight excluding hydrogens is 370 g/mol. The van der Waals surface area contributed by atoms with Crippen molar-refractivity contribution in [1.29, 1.82) is 0 Å². The third-order valence-corrected chi connectivity index (χ3v) is 5.74. The van der Waals surface area contributed by atoms with Crippen molar-refractivity contribution in [1.82, 2.24) is 25.1 Å². The molecule has 2 fully saturated rings. The van der Waals surface area contributed by atoms with Gasteiger partial charge in [-0.2, -0.15) is 0 Å². The second-order valence-electron chi connectivity index (χ2n) is 7.44. The third-order valence-electron chi connectivity index (χ3n) is 5.74. The number of carbonyl (C=O) groups excluding carboxylic acids is 3. The molecule has 1 aromatic carbocycles. The van der Waals surface area contributed by atoms with Crippen molar-refractivity contribution in [3.63, 3.8) is 0 Å². The van der Waals surface area contributed by atoms with E-state index in [2.05, 4.69) is 15.3 Å². The van der Waals surface area contributed by atoms with Gasteiger partial charge >= 0.3 is 6.03 Å². The number of hydrogen-bond donors (Lipinski definition) is 1. The highest BCUT2D eigenvalue weighted by atomic mass is 16.2. The first-order chi connectivity index (χ1) is 14.1. The van der Waals surface area contributed by atoms with E-state index in [0.717, 1.165) is 11.3 Å². The van der Waals surface area contributed by atoms with Gasteiger partial charge in [0.05, 0.1) is 5.69 Å². The van der Waals surface area contributed by atoms with E-state index in [1.165, 1.54) is 0 Å². The molecule has 4 amide bonds. The number of amides is 4. The summed E-state index contributed by atoms with van der Waals surface area (Å²) in [5.74, 6) is -0.227. The smallest absolute Gasteiger partial charge is 0.325 e. The number of piperidine rings is 1. The molecule has 0 radical (unpaired) electrons. The number of aromatic nitrogens is 2. The van der Waals surface area contributed by atoms with Crippen molar-refractivity contribution in [2.75, 3.05) is 13.1 Å². The molecule has 0 aliphatic carbocycles. The Balaban J connectivity index is 1.40. The summed E-state index contributed by atoms with van der Waals surface area (Å²) in [5, 5.41) is 2.47. The molecule has 3 heterocycles. The molecule has 1 spiro atoms.